The SMILES string of the molecule is CCCNCC(O)Cc1ccc(OC)c(F)c1. The summed E-state index contributed by atoms with van der Waals surface area (Å²) in [4.78, 5) is 0. The fraction of sp³-hybridized carbons (Fsp3) is 0.538. The summed E-state index contributed by atoms with van der Waals surface area (Å²) in [7, 11) is 1.43. The van der Waals surface area contributed by atoms with Gasteiger partial charge >= 0.3 is 0 Å². The van der Waals surface area contributed by atoms with Gasteiger partial charge in [0.2, 0.25) is 0 Å². The lowest BCUT2D eigenvalue weighted by Gasteiger charge is -2.12. The van der Waals surface area contributed by atoms with E-state index in [9.17, 15) is 9.50 Å². The molecule has 0 aliphatic carbocycles. The van der Waals surface area contributed by atoms with Crippen LogP contribution in [0.2, 0.25) is 0 Å². The quantitative estimate of drug-likeness (QED) is 0.714. The first-order valence-corrected chi connectivity index (χ1v) is 5.88. The molecule has 0 bridgehead atoms. The Morgan fingerprint density at radius 3 is 2.82 bits per heavy atom. The van der Waals surface area contributed by atoms with E-state index in [1.54, 1.807) is 12.1 Å². The largest absolute Gasteiger partial charge is 0.494 e. The van der Waals surface area contributed by atoms with E-state index in [2.05, 4.69) is 12.2 Å². The van der Waals surface area contributed by atoms with Crippen molar-refractivity contribution in [2.75, 3.05) is 20.2 Å². The van der Waals surface area contributed by atoms with E-state index in [0.29, 0.717) is 13.0 Å². The Morgan fingerprint density at radius 2 is 2.24 bits per heavy atom. The van der Waals surface area contributed by atoms with Crippen molar-refractivity contribution in [2.24, 2.45) is 0 Å². The predicted octanol–water partition coefficient (Wildman–Crippen LogP) is 1.74. The van der Waals surface area contributed by atoms with Crippen LogP contribution < -0.4 is 10.1 Å². The summed E-state index contributed by atoms with van der Waals surface area (Å²) in [5.74, 6) is -0.161. The monoisotopic (exact) mass is 241 g/mol. The first kappa shape index (κ1) is 13.9. The third-order valence-corrected chi connectivity index (χ3v) is 2.49. The minimum atomic E-state index is -0.491. The molecule has 96 valence electrons. The van der Waals surface area contributed by atoms with E-state index in [4.69, 9.17) is 4.74 Å². The molecule has 0 spiro atoms. The maximum absolute atomic E-state index is 13.4. The predicted molar refractivity (Wildman–Crippen MR) is 65.8 cm³/mol. The maximum Gasteiger partial charge on any atom is 0.165 e. The Kier molecular flexibility index (Phi) is 5.94. The van der Waals surface area contributed by atoms with Crippen molar-refractivity contribution in [1.82, 2.24) is 5.32 Å². The van der Waals surface area contributed by atoms with Gasteiger partial charge in [0, 0.05) is 6.54 Å². The van der Waals surface area contributed by atoms with Gasteiger partial charge in [-0.25, -0.2) is 4.39 Å². The van der Waals surface area contributed by atoms with Crippen molar-refractivity contribution < 1.29 is 14.2 Å². The van der Waals surface area contributed by atoms with Gasteiger partial charge in [-0.3, -0.25) is 0 Å². The number of benzene rings is 1. The molecule has 1 aromatic carbocycles. The van der Waals surface area contributed by atoms with Gasteiger partial charge in [-0.05, 0) is 37.1 Å². The van der Waals surface area contributed by atoms with Gasteiger partial charge in [0.15, 0.2) is 11.6 Å². The zero-order valence-electron chi connectivity index (χ0n) is 10.4. The summed E-state index contributed by atoms with van der Waals surface area (Å²) in [6, 6.07) is 4.75. The van der Waals surface area contributed by atoms with Crippen molar-refractivity contribution in [3.63, 3.8) is 0 Å². The van der Waals surface area contributed by atoms with Crippen molar-refractivity contribution in [3.8, 4) is 5.75 Å². The molecule has 1 aromatic rings. The Balaban J connectivity index is 2.48. The molecule has 1 atom stereocenters. The van der Waals surface area contributed by atoms with Crippen molar-refractivity contribution >= 4 is 0 Å². The molecule has 4 heteroatoms. The summed E-state index contributed by atoms with van der Waals surface area (Å²) in [5.41, 5.74) is 0.772. The highest BCUT2D eigenvalue weighted by atomic mass is 19.1. The van der Waals surface area contributed by atoms with Gasteiger partial charge in [0.05, 0.1) is 13.2 Å². The highest BCUT2D eigenvalue weighted by Gasteiger charge is 2.08. The van der Waals surface area contributed by atoms with E-state index < -0.39 is 11.9 Å². The number of ether oxygens (including phenoxy) is 1. The molecule has 0 fully saturated rings. The molecule has 0 aromatic heterocycles. The number of hydrogen-bond acceptors (Lipinski definition) is 3. The Labute approximate surface area is 102 Å². The molecule has 1 rings (SSSR count). The van der Waals surface area contributed by atoms with E-state index in [-0.39, 0.29) is 5.75 Å². The average Bonchev–Trinajstić information content (AvgIpc) is 2.29. The highest BCUT2D eigenvalue weighted by molar-refractivity contribution is 5.29. The maximum atomic E-state index is 13.4. The summed E-state index contributed by atoms with van der Waals surface area (Å²) in [5, 5.41) is 12.9. The van der Waals surface area contributed by atoms with Crippen LogP contribution in [0.5, 0.6) is 5.75 Å². The first-order valence-electron chi connectivity index (χ1n) is 5.88. The molecular formula is C13H20FNO2. The second-order valence-electron chi connectivity index (χ2n) is 4.03. The number of methoxy groups -OCH3 is 1. The number of hydrogen-bond donors (Lipinski definition) is 2. The minimum absolute atomic E-state index is 0.229. The normalized spacial score (nSPS) is 12.5. The number of aliphatic hydroxyl groups excluding tert-OH is 1. The number of rotatable bonds is 7. The lowest BCUT2D eigenvalue weighted by molar-refractivity contribution is 0.172. The van der Waals surface area contributed by atoms with Crippen LogP contribution in [0.3, 0.4) is 0 Å². The van der Waals surface area contributed by atoms with Crippen LogP contribution >= 0.6 is 0 Å². The van der Waals surface area contributed by atoms with Gasteiger partial charge in [0.1, 0.15) is 0 Å². The third-order valence-electron chi connectivity index (χ3n) is 2.49. The number of nitrogens with one attached hydrogen (secondary N) is 1. The molecule has 0 heterocycles. The van der Waals surface area contributed by atoms with E-state index in [0.717, 1.165) is 18.5 Å². The third kappa shape index (κ3) is 4.71. The summed E-state index contributed by atoms with van der Waals surface area (Å²) in [6.45, 7) is 3.48. The smallest absolute Gasteiger partial charge is 0.165 e. The van der Waals surface area contributed by atoms with Crippen LogP contribution in [-0.2, 0) is 6.42 Å². The van der Waals surface area contributed by atoms with Gasteiger partial charge in [-0.2, -0.15) is 0 Å². The second-order valence-corrected chi connectivity index (χ2v) is 4.03. The topological polar surface area (TPSA) is 41.5 Å². The fourth-order valence-corrected chi connectivity index (χ4v) is 1.63. The van der Waals surface area contributed by atoms with Crippen molar-refractivity contribution in [1.29, 1.82) is 0 Å². The molecule has 0 aliphatic heterocycles. The van der Waals surface area contributed by atoms with Crippen LogP contribution in [-0.4, -0.2) is 31.4 Å². The Morgan fingerprint density at radius 1 is 1.47 bits per heavy atom. The van der Waals surface area contributed by atoms with Gasteiger partial charge < -0.3 is 15.2 Å². The molecule has 0 aliphatic rings. The summed E-state index contributed by atoms with van der Waals surface area (Å²) >= 11 is 0. The molecule has 0 amide bonds. The van der Waals surface area contributed by atoms with Gasteiger partial charge in [-0.15, -0.1) is 0 Å². The van der Waals surface area contributed by atoms with Crippen molar-refractivity contribution in [3.05, 3.63) is 29.6 Å². The van der Waals surface area contributed by atoms with Crippen LogP contribution in [0.25, 0.3) is 0 Å². The molecule has 0 radical (unpaired) electrons. The zero-order chi connectivity index (χ0) is 12.7. The highest BCUT2D eigenvalue weighted by Crippen LogP contribution is 2.18. The Bertz CT molecular complexity index is 344. The molecule has 1 unspecified atom stereocenters. The van der Waals surface area contributed by atoms with Gasteiger partial charge in [-0.1, -0.05) is 13.0 Å². The minimum Gasteiger partial charge on any atom is -0.494 e. The first-order chi connectivity index (χ1) is 8.17. The van der Waals surface area contributed by atoms with Gasteiger partial charge in [0.25, 0.3) is 0 Å². The van der Waals surface area contributed by atoms with E-state index in [1.807, 2.05) is 0 Å². The summed E-state index contributed by atoms with van der Waals surface area (Å²) < 4.78 is 18.2. The lowest BCUT2D eigenvalue weighted by Crippen LogP contribution is -2.28. The fourth-order valence-electron chi connectivity index (χ4n) is 1.63. The average molecular weight is 241 g/mol. The van der Waals surface area contributed by atoms with Crippen LogP contribution in [0.4, 0.5) is 4.39 Å². The van der Waals surface area contributed by atoms with E-state index >= 15 is 0 Å². The summed E-state index contributed by atoms with van der Waals surface area (Å²) in [6.07, 6.45) is 0.982. The molecule has 0 saturated heterocycles. The second kappa shape index (κ2) is 7.25. The van der Waals surface area contributed by atoms with E-state index in [1.165, 1.54) is 13.2 Å². The van der Waals surface area contributed by atoms with Crippen LogP contribution in [0, 0.1) is 5.82 Å². The number of halogens is 1. The Hall–Kier alpha value is -1.13. The molecular weight excluding hydrogens is 221 g/mol. The molecule has 17 heavy (non-hydrogen) atoms. The molecule has 2 N–H and O–H groups in total. The molecule has 0 saturated carbocycles. The number of aliphatic hydroxyl groups is 1. The standard InChI is InChI=1S/C13H20FNO2/c1-3-6-15-9-11(16)7-10-4-5-13(17-2)12(14)8-10/h4-5,8,11,15-16H,3,6-7,9H2,1-2H3. The lowest BCUT2D eigenvalue weighted by atomic mass is 10.1. The van der Waals surface area contributed by atoms with Crippen molar-refractivity contribution in [2.45, 2.75) is 25.9 Å². The zero-order valence-corrected chi connectivity index (χ0v) is 10.4. The molecule has 3 nitrogen and oxygen atoms in total. The van der Waals surface area contributed by atoms with Crippen LogP contribution in [0.1, 0.15) is 18.9 Å². The van der Waals surface area contributed by atoms with Crippen LogP contribution in [0.15, 0.2) is 18.2 Å².